The van der Waals surface area contributed by atoms with Gasteiger partial charge in [-0.1, -0.05) is 13.8 Å². The fraction of sp³-hybridized carbons (Fsp3) is 0.533. The van der Waals surface area contributed by atoms with E-state index in [0.717, 1.165) is 17.7 Å². The molecule has 1 aliphatic heterocycles. The third-order valence-corrected chi connectivity index (χ3v) is 3.46. The van der Waals surface area contributed by atoms with Crippen LogP contribution in [-0.4, -0.2) is 19.2 Å². The van der Waals surface area contributed by atoms with Crippen LogP contribution in [0.5, 0.6) is 11.5 Å². The zero-order chi connectivity index (χ0) is 14.0. The van der Waals surface area contributed by atoms with E-state index in [2.05, 4.69) is 0 Å². The Hall–Kier alpha value is -1.55. The summed E-state index contributed by atoms with van der Waals surface area (Å²) in [5.74, 6) is 0.996. The van der Waals surface area contributed by atoms with Gasteiger partial charge in [-0.2, -0.15) is 0 Å². The summed E-state index contributed by atoms with van der Waals surface area (Å²) in [6, 6.07) is 5.42. The standard InChI is InChI=1S/C15H20O4/c1-5-9(2)15(16)19-13-7-6-11(17-4)8-12(13)14-10(3)18-14/h6-10,14H,5H2,1-4H3/t9?,10-,14+/m1/s1. The van der Waals surface area contributed by atoms with E-state index in [0.29, 0.717) is 5.75 Å². The van der Waals surface area contributed by atoms with Gasteiger partial charge in [0.15, 0.2) is 0 Å². The molecular formula is C15H20O4. The Morgan fingerprint density at radius 3 is 2.68 bits per heavy atom. The molecule has 1 fully saturated rings. The average Bonchev–Trinajstić information content (AvgIpc) is 3.15. The van der Waals surface area contributed by atoms with Gasteiger partial charge in [-0.05, 0) is 31.5 Å². The summed E-state index contributed by atoms with van der Waals surface area (Å²) in [4.78, 5) is 11.9. The summed E-state index contributed by atoms with van der Waals surface area (Å²) >= 11 is 0. The summed E-state index contributed by atoms with van der Waals surface area (Å²) < 4.78 is 16.1. The molecule has 0 amide bonds. The first-order valence-corrected chi connectivity index (χ1v) is 6.61. The summed E-state index contributed by atoms with van der Waals surface area (Å²) in [7, 11) is 1.61. The predicted octanol–water partition coefficient (Wildman–Crippen LogP) is 3.11. The maximum atomic E-state index is 11.9. The minimum atomic E-state index is -0.206. The summed E-state index contributed by atoms with van der Waals surface area (Å²) in [6.07, 6.45) is 0.920. The zero-order valence-electron chi connectivity index (χ0n) is 11.8. The van der Waals surface area contributed by atoms with Crippen molar-refractivity contribution < 1.29 is 19.0 Å². The van der Waals surface area contributed by atoms with Crippen LogP contribution < -0.4 is 9.47 Å². The van der Waals surface area contributed by atoms with Crippen molar-refractivity contribution in [3.63, 3.8) is 0 Å². The van der Waals surface area contributed by atoms with E-state index in [9.17, 15) is 4.79 Å². The summed E-state index contributed by atoms with van der Waals surface area (Å²) in [6.45, 7) is 5.82. The van der Waals surface area contributed by atoms with E-state index >= 15 is 0 Å². The van der Waals surface area contributed by atoms with Crippen LogP contribution in [0.2, 0.25) is 0 Å². The average molecular weight is 264 g/mol. The maximum absolute atomic E-state index is 11.9. The molecule has 1 aliphatic rings. The fourth-order valence-corrected chi connectivity index (χ4v) is 1.86. The van der Waals surface area contributed by atoms with Gasteiger partial charge >= 0.3 is 5.97 Å². The first kappa shape index (κ1) is 13.9. The molecule has 0 radical (unpaired) electrons. The maximum Gasteiger partial charge on any atom is 0.314 e. The second kappa shape index (κ2) is 5.61. The highest BCUT2D eigenvalue weighted by atomic mass is 16.6. The molecule has 0 N–H and O–H groups in total. The SMILES string of the molecule is CCC(C)C(=O)Oc1ccc(OC)cc1[C@H]1O[C@@H]1C. The van der Waals surface area contributed by atoms with Crippen LogP contribution in [0.15, 0.2) is 18.2 Å². The van der Waals surface area contributed by atoms with Gasteiger partial charge in [0.1, 0.15) is 17.6 Å². The molecule has 104 valence electrons. The number of hydrogen-bond donors (Lipinski definition) is 0. The highest BCUT2D eigenvalue weighted by molar-refractivity contribution is 5.75. The van der Waals surface area contributed by atoms with Gasteiger partial charge in [0.05, 0.1) is 19.1 Å². The molecule has 3 atom stereocenters. The molecule has 1 unspecified atom stereocenters. The van der Waals surface area contributed by atoms with E-state index in [4.69, 9.17) is 14.2 Å². The molecule has 1 aromatic carbocycles. The van der Waals surface area contributed by atoms with Crippen molar-refractivity contribution in [2.24, 2.45) is 5.92 Å². The third kappa shape index (κ3) is 3.07. The second-order valence-corrected chi connectivity index (χ2v) is 4.90. The van der Waals surface area contributed by atoms with Crippen molar-refractivity contribution in [1.82, 2.24) is 0 Å². The molecule has 1 heterocycles. The molecule has 4 heteroatoms. The second-order valence-electron chi connectivity index (χ2n) is 4.90. The van der Waals surface area contributed by atoms with Crippen LogP contribution in [0.1, 0.15) is 38.9 Å². The topological polar surface area (TPSA) is 48.1 Å². The van der Waals surface area contributed by atoms with Crippen LogP contribution in [0.3, 0.4) is 0 Å². The van der Waals surface area contributed by atoms with Crippen LogP contribution in [0, 0.1) is 5.92 Å². The van der Waals surface area contributed by atoms with E-state index in [1.807, 2.05) is 26.8 Å². The van der Waals surface area contributed by atoms with Crippen molar-refractivity contribution in [1.29, 1.82) is 0 Å². The Morgan fingerprint density at radius 2 is 2.16 bits per heavy atom. The van der Waals surface area contributed by atoms with E-state index in [-0.39, 0.29) is 24.1 Å². The molecule has 19 heavy (non-hydrogen) atoms. The van der Waals surface area contributed by atoms with Crippen molar-refractivity contribution in [3.8, 4) is 11.5 Å². The van der Waals surface area contributed by atoms with Gasteiger partial charge in [-0.15, -0.1) is 0 Å². The van der Waals surface area contributed by atoms with Crippen LogP contribution in [0.4, 0.5) is 0 Å². The number of epoxide rings is 1. The minimum absolute atomic E-state index is 0.00478. The number of carbonyl (C=O) groups excluding carboxylic acids is 1. The molecule has 0 spiro atoms. The van der Waals surface area contributed by atoms with Crippen molar-refractivity contribution in [2.45, 2.75) is 39.4 Å². The lowest BCUT2D eigenvalue weighted by Crippen LogP contribution is -2.17. The van der Waals surface area contributed by atoms with Gasteiger partial charge in [0.2, 0.25) is 0 Å². The Bertz CT molecular complexity index is 469. The number of rotatable bonds is 5. The summed E-state index contributed by atoms with van der Waals surface area (Å²) in [5, 5.41) is 0. The number of benzene rings is 1. The van der Waals surface area contributed by atoms with E-state index in [1.54, 1.807) is 19.2 Å². The monoisotopic (exact) mass is 264 g/mol. The van der Waals surface area contributed by atoms with Crippen LogP contribution >= 0.6 is 0 Å². The first-order chi connectivity index (χ1) is 9.06. The zero-order valence-corrected chi connectivity index (χ0v) is 11.8. The molecular weight excluding hydrogens is 244 g/mol. The number of methoxy groups -OCH3 is 1. The van der Waals surface area contributed by atoms with E-state index in [1.165, 1.54) is 0 Å². The van der Waals surface area contributed by atoms with Gasteiger partial charge < -0.3 is 14.2 Å². The lowest BCUT2D eigenvalue weighted by atomic mass is 10.1. The fourth-order valence-electron chi connectivity index (χ4n) is 1.86. The summed E-state index contributed by atoms with van der Waals surface area (Å²) in [5.41, 5.74) is 0.878. The predicted molar refractivity (Wildman–Crippen MR) is 71.4 cm³/mol. The van der Waals surface area contributed by atoms with Gasteiger partial charge in [0.25, 0.3) is 0 Å². The number of esters is 1. The molecule has 0 aliphatic carbocycles. The third-order valence-electron chi connectivity index (χ3n) is 3.46. The molecule has 2 rings (SSSR count). The van der Waals surface area contributed by atoms with E-state index < -0.39 is 0 Å². The van der Waals surface area contributed by atoms with Crippen molar-refractivity contribution in [2.75, 3.05) is 7.11 Å². The Morgan fingerprint density at radius 1 is 1.47 bits per heavy atom. The molecule has 0 aromatic heterocycles. The molecule has 1 saturated heterocycles. The van der Waals surface area contributed by atoms with Gasteiger partial charge in [-0.3, -0.25) is 4.79 Å². The molecule has 4 nitrogen and oxygen atoms in total. The van der Waals surface area contributed by atoms with Gasteiger partial charge in [0, 0.05) is 5.56 Å². The quantitative estimate of drug-likeness (QED) is 0.466. The number of ether oxygens (including phenoxy) is 3. The Labute approximate surface area is 113 Å². The highest BCUT2D eigenvalue weighted by Crippen LogP contribution is 2.44. The van der Waals surface area contributed by atoms with Crippen LogP contribution in [0.25, 0.3) is 0 Å². The minimum Gasteiger partial charge on any atom is -0.497 e. The highest BCUT2D eigenvalue weighted by Gasteiger charge is 2.38. The van der Waals surface area contributed by atoms with Crippen LogP contribution in [-0.2, 0) is 9.53 Å². The Balaban J connectivity index is 2.22. The van der Waals surface area contributed by atoms with Gasteiger partial charge in [-0.25, -0.2) is 0 Å². The van der Waals surface area contributed by atoms with Crippen molar-refractivity contribution >= 4 is 5.97 Å². The first-order valence-electron chi connectivity index (χ1n) is 6.61. The molecule has 0 bridgehead atoms. The Kier molecular flexibility index (Phi) is 4.10. The smallest absolute Gasteiger partial charge is 0.314 e. The number of hydrogen-bond acceptors (Lipinski definition) is 4. The molecule has 1 aromatic rings. The van der Waals surface area contributed by atoms with Crippen molar-refractivity contribution in [3.05, 3.63) is 23.8 Å². The largest absolute Gasteiger partial charge is 0.497 e. The molecule has 0 saturated carbocycles. The lowest BCUT2D eigenvalue weighted by Gasteiger charge is -2.13. The normalized spacial score (nSPS) is 22.7. The number of carbonyl (C=O) groups is 1. The lowest BCUT2D eigenvalue weighted by molar-refractivity contribution is -0.138.